The molecule has 0 radical (unpaired) electrons. The maximum atomic E-state index is 10.7. The van der Waals surface area contributed by atoms with Gasteiger partial charge in [0.05, 0.1) is 0 Å². The predicted octanol–water partition coefficient (Wildman–Crippen LogP) is 1.66. The second-order valence-corrected chi connectivity index (χ2v) is 6.26. The highest BCUT2D eigenvalue weighted by atomic mass is 32.8. The molecule has 0 aromatic heterocycles. The Labute approximate surface area is 75.0 Å². The van der Waals surface area contributed by atoms with E-state index in [1.807, 2.05) is 30.3 Å². The van der Waals surface area contributed by atoms with Crippen LogP contribution in [0.2, 0.25) is 0 Å². The molecule has 1 aromatic carbocycles. The summed E-state index contributed by atoms with van der Waals surface area (Å²) in [6.07, 6.45) is 0. The lowest BCUT2D eigenvalue weighted by Gasteiger charge is -2.03. The first-order chi connectivity index (χ1) is 5.70. The summed E-state index contributed by atoms with van der Waals surface area (Å²) in [5.74, 6) is 4.31. The minimum atomic E-state index is -1.54. The Kier molecular flexibility index (Phi) is 3.37. The second-order valence-electron chi connectivity index (χ2n) is 2.30. The fraction of sp³-hybridized carbons (Fsp3) is 0.125. The lowest BCUT2D eigenvalue weighted by atomic mass is 10.2. The summed E-state index contributed by atoms with van der Waals surface area (Å²) in [6.45, 7) is 0. The van der Waals surface area contributed by atoms with Gasteiger partial charge in [-0.2, -0.15) is 0 Å². The van der Waals surface area contributed by atoms with Crippen molar-refractivity contribution in [3.8, 4) is 0 Å². The quantitative estimate of drug-likeness (QED) is 0.572. The SMILES string of the molecule is C=[S-](Cc1ccccc1)=S(=N)=O. The van der Waals surface area contributed by atoms with Crippen LogP contribution >= 0.6 is 0 Å². The van der Waals surface area contributed by atoms with E-state index in [2.05, 4.69) is 5.87 Å². The molecule has 1 N–H and O–H groups in total. The fourth-order valence-corrected chi connectivity index (χ4v) is 2.21. The van der Waals surface area contributed by atoms with E-state index in [-0.39, 0.29) is 0 Å². The zero-order valence-electron chi connectivity index (χ0n) is 6.53. The largest absolute Gasteiger partial charge is 0.373 e. The van der Waals surface area contributed by atoms with Gasteiger partial charge in [0.15, 0.2) is 0 Å². The van der Waals surface area contributed by atoms with Crippen molar-refractivity contribution in [1.29, 1.82) is 4.78 Å². The highest BCUT2D eigenvalue weighted by Gasteiger charge is 1.80. The monoisotopic (exact) mass is 200 g/mol. The summed E-state index contributed by atoms with van der Waals surface area (Å²) in [7, 11) is -2.13. The molecular formula is C8H10NOS2-. The fourth-order valence-electron chi connectivity index (χ4n) is 0.814. The summed E-state index contributed by atoms with van der Waals surface area (Å²) in [4.78, 5) is 0. The second kappa shape index (κ2) is 4.33. The molecule has 0 saturated heterocycles. The van der Waals surface area contributed by atoms with E-state index in [1.165, 1.54) is 0 Å². The van der Waals surface area contributed by atoms with Crippen LogP contribution in [0, 0.1) is 4.78 Å². The van der Waals surface area contributed by atoms with Crippen molar-refractivity contribution >= 4 is 24.1 Å². The molecule has 1 aromatic rings. The van der Waals surface area contributed by atoms with E-state index in [0.29, 0.717) is 5.75 Å². The van der Waals surface area contributed by atoms with Crippen LogP contribution in [-0.2, 0) is 24.0 Å². The van der Waals surface area contributed by atoms with Crippen LogP contribution in [0.15, 0.2) is 30.3 Å². The first-order valence-electron chi connectivity index (χ1n) is 3.38. The molecule has 0 amide bonds. The van der Waals surface area contributed by atoms with Gasteiger partial charge in [0.25, 0.3) is 0 Å². The molecule has 0 fully saturated rings. The van der Waals surface area contributed by atoms with Gasteiger partial charge in [-0.25, -0.2) is 14.9 Å². The average molecular weight is 200 g/mol. The Bertz CT molecular complexity index is 419. The van der Waals surface area contributed by atoms with Gasteiger partial charge in [0.2, 0.25) is 0 Å². The summed E-state index contributed by atoms with van der Waals surface area (Å²) in [6, 6.07) is 9.71. The molecule has 66 valence electrons. The maximum Gasteiger partial charge on any atom is -0.0335 e. The van der Waals surface area contributed by atoms with Gasteiger partial charge in [0, 0.05) is 0 Å². The van der Waals surface area contributed by atoms with Gasteiger partial charge in [-0.05, 0) is 9.16 Å². The van der Waals surface area contributed by atoms with E-state index < -0.39 is 18.2 Å². The molecule has 0 atom stereocenters. The smallest absolute Gasteiger partial charge is 0.0335 e. The third-order valence-electron chi connectivity index (χ3n) is 1.38. The van der Waals surface area contributed by atoms with Gasteiger partial charge in [-0.3, -0.25) is 0 Å². The van der Waals surface area contributed by atoms with E-state index in [0.717, 1.165) is 5.56 Å². The van der Waals surface area contributed by atoms with Crippen molar-refractivity contribution in [2.45, 2.75) is 5.75 Å². The third kappa shape index (κ3) is 2.71. The van der Waals surface area contributed by atoms with Crippen LogP contribution in [-0.4, -0.2) is 10.1 Å². The van der Waals surface area contributed by atoms with Crippen LogP contribution in [0.4, 0.5) is 0 Å². The molecule has 0 aliphatic carbocycles. The van der Waals surface area contributed by atoms with E-state index in [1.54, 1.807) is 0 Å². The van der Waals surface area contributed by atoms with Crippen LogP contribution in [0.5, 0.6) is 0 Å². The topological polar surface area (TPSA) is 40.9 Å². The van der Waals surface area contributed by atoms with E-state index in [4.69, 9.17) is 4.78 Å². The molecule has 2 nitrogen and oxygen atoms in total. The van der Waals surface area contributed by atoms with Crippen molar-refractivity contribution in [3.63, 3.8) is 0 Å². The molecule has 0 aliphatic rings. The molecule has 4 heteroatoms. The lowest BCUT2D eigenvalue weighted by Crippen LogP contribution is -1.85. The molecule has 12 heavy (non-hydrogen) atoms. The predicted molar refractivity (Wildman–Crippen MR) is 55.5 cm³/mol. The van der Waals surface area contributed by atoms with Gasteiger partial charge < -0.3 is 9.04 Å². The molecular weight excluding hydrogens is 190 g/mol. The number of benzene rings is 1. The van der Waals surface area contributed by atoms with Crippen molar-refractivity contribution < 1.29 is 4.21 Å². The molecule has 0 spiro atoms. The zero-order chi connectivity index (χ0) is 8.97. The van der Waals surface area contributed by atoms with Crippen molar-refractivity contribution in [2.75, 3.05) is 0 Å². The first-order valence-corrected chi connectivity index (χ1v) is 6.61. The third-order valence-corrected chi connectivity index (χ3v) is 4.11. The van der Waals surface area contributed by atoms with Gasteiger partial charge in [-0.1, -0.05) is 41.6 Å². The lowest BCUT2D eigenvalue weighted by molar-refractivity contribution is 0.696. The highest BCUT2D eigenvalue weighted by molar-refractivity contribution is 8.32. The zero-order valence-corrected chi connectivity index (χ0v) is 8.16. The minimum absolute atomic E-state index is 0.584. The normalized spacial score (nSPS) is 10.1. The molecule has 0 aliphatic heterocycles. The van der Waals surface area contributed by atoms with Crippen LogP contribution < -0.4 is 0 Å². The summed E-state index contributed by atoms with van der Waals surface area (Å²) < 4.78 is 17.6. The average Bonchev–Trinajstić information content (AvgIpc) is 2.06. The summed E-state index contributed by atoms with van der Waals surface area (Å²) in [5.41, 5.74) is 1.09. The first kappa shape index (κ1) is 9.35. The Morgan fingerprint density at radius 1 is 1.42 bits per heavy atom. The Morgan fingerprint density at radius 3 is 2.50 bits per heavy atom. The van der Waals surface area contributed by atoms with Crippen LogP contribution in [0.25, 0.3) is 0 Å². The van der Waals surface area contributed by atoms with E-state index >= 15 is 0 Å². The Morgan fingerprint density at radius 2 is 2.00 bits per heavy atom. The number of rotatable bonds is 2. The van der Waals surface area contributed by atoms with Crippen LogP contribution in [0.3, 0.4) is 0 Å². The highest BCUT2D eigenvalue weighted by Crippen LogP contribution is 1.99. The molecule has 1 rings (SSSR count). The standard InChI is InChI=1S/C8H10NOS2/c1-11(12(9)10)7-8-5-3-2-4-6-8/h2-6,9H,1,7H2/q-1. The van der Waals surface area contributed by atoms with Gasteiger partial charge in [-0.15, -0.1) is 0 Å². The number of nitrogens with one attached hydrogen (secondary N) is 1. The van der Waals surface area contributed by atoms with Gasteiger partial charge >= 0.3 is 0 Å². The Balaban J connectivity index is 2.94. The molecule has 0 heterocycles. The molecule has 0 unspecified atom stereocenters. The van der Waals surface area contributed by atoms with Crippen molar-refractivity contribution in [2.24, 2.45) is 0 Å². The molecule has 0 saturated carbocycles. The maximum absolute atomic E-state index is 10.7. The molecule has 0 bridgehead atoms. The van der Waals surface area contributed by atoms with Crippen molar-refractivity contribution in [3.05, 3.63) is 35.9 Å². The summed E-state index contributed by atoms with van der Waals surface area (Å²) in [5, 5.41) is 0. The number of hydrogen-bond acceptors (Lipinski definition) is 3. The van der Waals surface area contributed by atoms with Crippen LogP contribution in [0.1, 0.15) is 5.56 Å². The van der Waals surface area contributed by atoms with Crippen molar-refractivity contribution in [1.82, 2.24) is 0 Å². The summed E-state index contributed by atoms with van der Waals surface area (Å²) >= 11 is 0. The minimum Gasteiger partial charge on any atom is -0.373 e. The van der Waals surface area contributed by atoms with E-state index in [9.17, 15) is 4.21 Å². The van der Waals surface area contributed by atoms with Gasteiger partial charge in [0.1, 0.15) is 0 Å². The number of hydrogen-bond donors (Lipinski definition) is 1. The Hall–Kier alpha value is -0.740.